The Morgan fingerprint density at radius 2 is 2.12 bits per heavy atom. The quantitative estimate of drug-likeness (QED) is 0.548. The van der Waals surface area contributed by atoms with E-state index in [4.69, 9.17) is 22.6 Å². The molecule has 1 aromatic carbocycles. The van der Waals surface area contributed by atoms with Crippen molar-refractivity contribution in [3.63, 3.8) is 0 Å². The topological polar surface area (TPSA) is 90.5 Å². The lowest BCUT2D eigenvalue weighted by atomic mass is 10.1. The summed E-state index contributed by atoms with van der Waals surface area (Å²) in [7, 11) is 0. The number of thiophene rings is 1. The Bertz CT molecular complexity index is 893. The van der Waals surface area contributed by atoms with E-state index >= 15 is 0 Å². The van der Waals surface area contributed by atoms with Crippen LogP contribution in [0.15, 0.2) is 36.4 Å². The zero-order valence-electron chi connectivity index (χ0n) is 13.6. The Labute approximate surface area is 155 Å². The van der Waals surface area contributed by atoms with Gasteiger partial charge in [0.2, 0.25) is 0 Å². The van der Waals surface area contributed by atoms with Gasteiger partial charge in [0.1, 0.15) is 11.6 Å². The van der Waals surface area contributed by atoms with Gasteiger partial charge in [0.15, 0.2) is 5.82 Å². The number of nitriles is 1. The van der Waals surface area contributed by atoms with Gasteiger partial charge in [-0.15, -0.1) is 11.3 Å². The van der Waals surface area contributed by atoms with Gasteiger partial charge in [0.05, 0.1) is 5.69 Å². The Hall–Kier alpha value is -2.33. The van der Waals surface area contributed by atoms with Crippen molar-refractivity contribution >= 4 is 28.8 Å². The molecule has 0 aliphatic carbocycles. The standard InChI is InChI=1S/C18H18ClN5S/c19-15-5-2-1-4-13(15)17-8-7-12(25-17)11-22-9-3-6-16-14(10-20)18(21)24-23-16/h1-2,4-5,7-8,22H,3,6,9,11H2,(H3,21,23,24). The van der Waals surface area contributed by atoms with E-state index < -0.39 is 0 Å². The lowest BCUT2D eigenvalue weighted by molar-refractivity contribution is 0.648. The highest BCUT2D eigenvalue weighted by Gasteiger charge is 2.09. The zero-order chi connectivity index (χ0) is 17.6. The molecule has 0 radical (unpaired) electrons. The van der Waals surface area contributed by atoms with Crippen LogP contribution in [-0.2, 0) is 13.0 Å². The van der Waals surface area contributed by atoms with Gasteiger partial charge in [-0.2, -0.15) is 10.4 Å². The Kier molecular flexibility index (Phi) is 5.71. The van der Waals surface area contributed by atoms with E-state index in [2.05, 4.69) is 33.7 Å². The second-order valence-corrected chi connectivity index (χ2v) is 7.18. The number of halogens is 1. The number of hydrogen-bond acceptors (Lipinski definition) is 5. The van der Waals surface area contributed by atoms with Gasteiger partial charge >= 0.3 is 0 Å². The molecule has 0 aliphatic heterocycles. The van der Waals surface area contributed by atoms with Crippen LogP contribution in [0.1, 0.15) is 22.6 Å². The summed E-state index contributed by atoms with van der Waals surface area (Å²) in [6.45, 7) is 1.66. The summed E-state index contributed by atoms with van der Waals surface area (Å²) in [5, 5.41) is 19.9. The molecule has 0 fully saturated rings. The van der Waals surface area contributed by atoms with Crippen LogP contribution in [0.25, 0.3) is 10.4 Å². The van der Waals surface area contributed by atoms with Gasteiger partial charge in [-0.1, -0.05) is 29.8 Å². The highest BCUT2D eigenvalue weighted by atomic mass is 35.5. The summed E-state index contributed by atoms with van der Waals surface area (Å²) in [6, 6.07) is 14.2. The number of hydrogen-bond donors (Lipinski definition) is 3. The number of aromatic amines is 1. The number of anilines is 1. The van der Waals surface area contributed by atoms with E-state index in [0.717, 1.165) is 42.2 Å². The summed E-state index contributed by atoms with van der Waals surface area (Å²) >= 11 is 7.99. The maximum atomic E-state index is 9.04. The van der Waals surface area contributed by atoms with Gasteiger partial charge in [-0.3, -0.25) is 5.10 Å². The first kappa shape index (κ1) is 17.5. The fraction of sp³-hybridized carbons (Fsp3) is 0.222. The van der Waals surface area contributed by atoms with Gasteiger partial charge in [-0.05, 0) is 37.6 Å². The number of nitrogens with two attached hydrogens (primary N) is 1. The van der Waals surface area contributed by atoms with Crippen molar-refractivity contribution in [3.05, 3.63) is 57.6 Å². The Morgan fingerprint density at radius 3 is 2.92 bits per heavy atom. The number of aryl methyl sites for hydroxylation is 1. The van der Waals surface area contributed by atoms with E-state index in [9.17, 15) is 0 Å². The van der Waals surface area contributed by atoms with Crippen molar-refractivity contribution in [3.8, 4) is 16.5 Å². The SMILES string of the molecule is N#Cc1c(N)n[nH]c1CCCNCc1ccc(-c2ccccc2Cl)s1. The minimum absolute atomic E-state index is 0.274. The molecule has 0 atom stereocenters. The fourth-order valence-corrected chi connectivity index (χ4v) is 3.89. The molecule has 0 saturated heterocycles. The molecule has 2 heterocycles. The number of H-pyrrole nitrogens is 1. The van der Waals surface area contributed by atoms with Crippen LogP contribution in [0.2, 0.25) is 5.02 Å². The van der Waals surface area contributed by atoms with Crippen LogP contribution in [0.3, 0.4) is 0 Å². The van der Waals surface area contributed by atoms with Crippen LogP contribution in [0.5, 0.6) is 0 Å². The van der Waals surface area contributed by atoms with Gasteiger partial charge < -0.3 is 11.1 Å². The number of nitrogens with one attached hydrogen (secondary N) is 2. The molecule has 4 N–H and O–H groups in total. The number of nitrogen functional groups attached to an aromatic ring is 1. The minimum atomic E-state index is 0.274. The first-order valence-electron chi connectivity index (χ1n) is 7.96. The van der Waals surface area contributed by atoms with Crippen LogP contribution >= 0.6 is 22.9 Å². The molecule has 0 bridgehead atoms. The molecule has 3 rings (SSSR count). The largest absolute Gasteiger partial charge is 0.381 e. The normalized spacial score (nSPS) is 10.7. The van der Waals surface area contributed by atoms with Crippen LogP contribution < -0.4 is 11.1 Å². The van der Waals surface area contributed by atoms with Gasteiger partial charge in [0.25, 0.3) is 0 Å². The molecule has 0 saturated carbocycles. The minimum Gasteiger partial charge on any atom is -0.381 e. The number of nitrogens with zero attached hydrogens (tertiary/aromatic N) is 2. The molecule has 5 nitrogen and oxygen atoms in total. The third-order valence-corrected chi connectivity index (χ3v) is 5.31. The number of rotatable bonds is 7. The molecule has 25 heavy (non-hydrogen) atoms. The predicted molar refractivity (Wildman–Crippen MR) is 103 cm³/mol. The van der Waals surface area contributed by atoms with Crippen LogP contribution in [0, 0.1) is 11.3 Å². The highest BCUT2D eigenvalue weighted by molar-refractivity contribution is 7.15. The molecule has 0 spiro atoms. The van der Waals surface area contributed by atoms with Crippen molar-refractivity contribution in [1.29, 1.82) is 5.26 Å². The summed E-state index contributed by atoms with van der Waals surface area (Å²) in [5.74, 6) is 0.274. The van der Waals surface area contributed by atoms with Crippen LogP contribution in [-0.4, -0.2) is 16.7 Å². The van der Waals surface area contributed by atoms with E-state index in [-0.39, 0.29) is 5.82 Å². The van der Waals surface area contributed by atoms with E-state index in [1.807, 2.05) is 24.3 Å². The summed E-state index contributed by atoms with van der Waals surface area (Å²) in [5.41, 5.74) is 7.97. The molecule has 128 valence electrons. The fourth-order valence-electron chi connectivity index (χ4n) is 2.58. The average molecular weight is 372 g/mol. The first-order chi connectivity index (χ1) is 12.2. The average Bonchev–Trinajstić information content (AvgIpc) is 3.21. The zero-order valence-corrected chi connectivity index (χ0v) is 15.1. The maximum Gasteiger partial charge on any atom is 0.163 e. The van der Waals surface area contributed by atoms with Crippen molar-refractivity contribution in [2.45, 2.75) is 19.4 Å². The third-order valence-electron chi connectivity index (χ3n) is 3.86. The molecule has 0 amide bonds. The molecule has 2 aromatic heterocycles. The van der Waals surface area contributed by atoms with E-state index in [0.29, 0.717) is 5.56 Å². The maximum absolute atomic E-state index is 9.04. The summed E-state index contributed by atoms with van der Waals surface area (Å²) in [6.07, 6.45) is 1.65. The molecular weight excluding hydrogens is 354 g/mol. The van der Waals surface area contributed by atoms with E-state index in [1.165, 1.54) is 9.75 Å². The van der Waals surface area contributed by atoms with E-state index in [1.54, 1.807) is 11.3 Å². The Morgan fingerprint density at radius 1 is 1.28 bits per heavy atom. The number of benzene rings is 1. The van der Waals surface area contributed by atoms with Crippen molar-refractivity contribution < 1.29 is 0 Å². The monoisotopic (exact) mass is 371 g/mol. The third kappa shape index (κ3) is 4.20. The highest BCUT2D eigenvalue weighted by Crippen LogP contribution is 2.33. The van der Waals surface area contributed by atoms with Crippen LogP contribution in [0.4, 0.5) is 5.82 Å². The number of aromatic nitrogens is 2. The van der Waals surface area contributed by atoms with Crippen molar-refractivity contribution in [1.82, 2.24) is 15.5 Å². The predicted octanol–water partition coefficient (Wildman–Crippen LogP) is 3.97. The lowest BCUT2D eigenvalue weighted by Crippen LogP contribution is -2.14. The lowest BCUT2D eigenvalue weighted by Gasteiger charge is -2.03. The molecule has 0 aliphatic rings. The van der Waals surface area contributed by atoms with Gasteiger partial charge in [-0.25, -0.2) is 0 Å². The first-order valence-corrected chi connectivity index (χ1v) is 9.15. The smallest absolute Gasteiger partial charge is 0.163 e. The van der Waals surface area contributed by atoms with Crippen molar-refractivity contribution in [2.75, 3.05) is 12.3 Å². The molecule has 3 aromatic rings. The second-order valence-electron chi connectivity index (χ2n) is 5.60. The van der Waals surface area contributed by atoms with Gasteiger partial charge in [0, 0.05) is 26.9 Å². The second kappa shape index (κ2) is 8.17. The summed E-state index contributed by atoms with van der Waals surface area (Å²) < 4.78 is 0. The molecule has 7 heteroatoms. The Balaban J connectivity index is 1.47. The molecule has 0 unspecified atom stereocenters. The van der Waals surface area contributed by atoms with Crippen molar-refractivity contribution in [2.24, 2.45) is 0 Å². The molecular formula is C18H18ClN5S. The summed E-state index contributed by atoms with van der Waals surface area (Å²) in [4.78, 5) is 2.44.